The normalized spacial score (nSPS) is 23.6. The summed E-state index contributed by atoms with van der Waals surface area (Å²) >= 11 is 6.28. The molecular weight excluding hydrogens is 264 g/mol. The summed E-state index contributed by atoms with van der Waals surface area (Å²) in [7, 11) is 1.83. The molecule has 2 rings (SSSR count). The van der Waals surface area contributed by atoms with Gasteiger partial charge in [0.05, 0.1) is 22.8 Å². The highest BCUT2D eigenvalue weighted by Gasteiger charge is 2.36. The predicted molar refractivity (Wildman–Crippen MR) is 74.5 cm³/mol. The molecule has 1 fully saturated rings. The van der Waals surface area contributed by atoms with Gasteiger partial charge in [-0.3, -0.25) is 9.48 Å². The SMILES string of the molecule is CCc1nn(C)c(CC(=O)C2(C)CCCCO2)c1Cl. The zero-order valence-electron chi connectivity index (χ0n) is 11.8. The van der Waals surface area contributed by atoms with Crippen LogP contribution < -0.4 is 0 Å². The van der Waals surface area contributed by atoms with Gasteiger partial charge in [0, 0.05) is 13.7 Å². The van der Waals surface area contributed by atoms with Crippen molar-refractivity contribution < 1.29 is 9.53 Å². The summed E-state index contributed by atoms with van der Waals surface area (Å²) in [6.45, 7) is 4.56. The van der Waals surface area contributed by atoms with Crippen molar-refractivity contribution in [3.63, 3.8) is 0 Å². The standard InChI is InChI=1S/C14H21ClN2O2/c1-4-10-13(15)11(17(3)16-10)9-12(18)14(2)7-5-6-8-19-14/h4-9H2,1-3H3. The number of hydrogen-bond donors (Lipinski definition) is 0. The minimum absolute atomic E-state index is 0.0970. The molecule has 1 aliphatic rings. The van der Waals surface area contributed by atoms with Crippen LogP contribution in [0.2, 0.25) is 5.02 Å². The van der Waals surface area contributed by atoms with E-state index >= 15 is 0 Å². The number of hydrogen-bond acceptors (Lipinski definition) is 3. The molecule has 4 nitrogen and oxygen atoms in total. The van der Waals surface area contributed by atoms with Gasteiger partial charge in [0.1, 0.15) is 5.60 Å². The lowest BCUT2D eigenvalue weighted by Gasteiger charge is -2.32. The second kappa shape index (κ2) is 5.63. The quantitative estimate of drug-likeness (QED) is 0.854. The van der Waals surface area contributed by atoms with Crippen molar-refractivity contribution in [2.75, 3.05) is 6.61 Å². The fourth-order valence-corrected chi connectivity index (χ4v) is 2.87. The van der Waals surface area contributed by atoms with Gasteiger partial charge < -0.3 is 4.74 Å². The molecule has 0 aliphatic carbocycles. The van der Waals surface area contributed by atoms with Gasteiger partial charge in [-0.1, -0.05) is 18.5 Å². The number of aryl methyl sites for hydroxylation is 2. The number of carbonyl (C=O) groups excluding carboxylic acids is 1. The first-order valence-corrected chi connectivity index (χ1v) is 7.23. The monoisotopic (exact) mass is 284 g/mol. The zero-order chi connectivity index (χ0) is 14.0. The first-order chi connectivity index (χ1) is 8.98. The molecular formula is C14H21ClN2O2. The average molecular weight is 285 g/mol. The molecule has 1 aromatic heterocycles. The number of carbonyl (C=O) groups is 1. The third kappa shape index (κ3) is 2.84. The van der Waals surface area contributed by atoms with Gasteiger partial charge in [0.25, 0.3) is 0 Å². The van der Waals surface area contributed by atoms with E-state index in [2.05, 4.69) is 5.10 Å². The van der Waals surface area contributed by atoms with E-state index < -0.39 is 5.60 Å². The van der Waals surface area contributed by atoms with E-state index in [4.69, 9.17) is 16.3 Å². The Hall–Kier alpha value is -0.870. The maximum Gasteiger partial charge on any atom is 0.170 e. The Labute approximate surface area is 119 Å². The van der Waals surface area contributed by atoms with Crippen LogP contribution in [0.25, 0.3) is 0 Å². The Morgan fingerprint density at radius 2 is 2.26 bits per heavy atom. The highest BCUT2D eigenvalue weighted by Crippen LogP contribution is 2.29. The largest absolute Gasteiger partial charge is 0.367 e. The predicted octanol–water partition coefficient (Wildman–Crippen LogP) is 2.71. The van der Waals surface area contributed by atoms with Crippen LogP contribution in [0.15, 0.2) is 0 Å². The van der Waals surface area contributed by atoms with Crippen LogP contribution in [0.4, 0.5) is 0 Å². The minimum Gasteiger partial charge on any atom is -0.367 e. The highest BCUT2D eigenvalue weighted by atomic mass is 35.5. The molecule has 1 atom stereocenters. The number of ether oxygens (including phenoxy) is 1. The molecule has 0 spiro atoms. The molecule has 5 heteroatoms. The van der Waals surface area contributed by atoms with Crippen LogP contribution in [-0.2, 0) is 29.4 Å². The fourth-order valence-electron chi connectivity index (χ4n) is 2.50. The van der Waals surface area contributed by atoms with Crippen molar-refractivity contribution in [1.29, 1.82) is 0 Å². The van der Waals surface area contributed by atoms with Crippen LogP contribution in [0.1, 0.15) is 44.5 Å². The number of ketones is 1. The van der Waals surface area contributed by atoms with E-state index in [1.807, 2.05) is 20.9 Å². The summed E-state index contributed by atoms with van der Waals surface area (Å²) in [4.78, 5) is 12.5. The van der Waals surface area contributed by atoms with Gasteiger partial charge in [-0.15, -0.1) is 0 Å². The fraction of sp³-hybridized carbons (Fsp3) is 0.714. The third-order valence-corrected chi connectivity index (χ3v) is 4.33. The Bertz CT molecular complexity index is 476. The van der Waals surface area contributed by atoms with Gasteiger partial charge in [0.2, 0.25) is 0 Å². The number of aromatic nitrogens is 2. The van der Waals surface area contributed by atoms with Gasteiger partial charge in [-0.25, -0.2) is 0 Å². The molecule has 0 saturated carbocycles. The van der Waals surface area contributed by atoms with Crippen molar-refractivity contribution in [1.82, 2.24) is 9.78 Å². The highest BCUT2D eigenvalue weighted by molar-refractivity contribution is 6.32. The van der Waals surface area contributed by atoms with Gasteiger partial charge in [0.15, 0.2) is 5.78 Å². The third-order valence-electron chi connectivity index (χ3n) is 3.89. The maximum absolute atomic E-state index is 12.5. The Morgan fingerprint density at radius 1 is 1.53 bits per heavy atom. The van der Waals surface area contributed by atoms with E-state index in [-0.39, 0.29) is 5.78 Å². The average Bonchev–Trinajstić information content (AvgIpc) is 2.67. The van der Waals surface area contributed by atoms with Crippen molar-refractivity contribution in [2.45, 2.75) is 51.6 Å². The van der Waals surface area contributed by atoms with E-state index in [9.17, 15) is 4.79 Å². The van der Waals surface area contributed by atoms with Crippen molar-refractivity contribution in [3.8, 4) is 0 Å². The first kappa shape index (κ1) is 14.5. The summed E-state index contributed by atoms with van der Waals surface area (Å²) in [5.41, 5.74) is 0.985. The Kier molecular flexibility index (Phi) is 4.31. The molecule has 19 heavy (non-hydrogen) atoms. The van der Waals surface area contributed by atoms with Crippen LogP contribution in [0, 0.1) is 0 Å². The van der Waals surface area contributed by atoms with Crippen molar-refractivity contribution >= 4 is 17.4 Å². The lowest BCUT2D eigenvalue weighted by Crippen LogP contribution is -2.42. The number of nitrogens with zero attached hydrogens (tertiary/aromatic N) is 2. The summed E-state index contributed by atoms with van der Waals surface area (Å²) in [6, 6.07) is 0. The first-order valence-electron chi connectivity index (χ1n) is 6.85. The zero-order valence-corrected chi connectivity index (χ0v) is 12.6. The lowest BCUT2D eigenvalue weighted by atomic mass is 9.89. The molecule has 1 unspecified atom stereocenters. The second-order valence-corrected chi connectivity index (χ2v) is 5.70. The molecule has 106 valence electrons. The molecule has 0 radical (unpaired) electrons. The van der Waals surface area contributed by atoms with Crippen LogP contribution in [0.3, 0.4) is 0 Å². The number of rotatable bonds is 4. The summed E-state index contributed by atoms with van der Waals surface area (Å²) in [5, 5.41) is 4.96. The van der Waals surface area contributed by atoms with Gasteiger partial charge in [-0.05, 0) is 32.6 Å². The summed E-state index contributed by atoms with van der Waals surface area (Å²) in [5.74, 6) is 0.0970. The van der Waals surface area contributed by atoms with Crippen LogP contribution in [0.5, 0.6) is 0 Å². The smallest absolute Gasteiger partial charge is 0.170 e. The molecule has 1 aliphatic heterocycles. The second-order valence-electron chi connectivity index (χ2n) is 5.32. The lowest BCUT2D eigenvalue weighted by molar-refractivity contribution is -0.147. The van der Waals surface area contributed by atoms with Crippen molar-refractivity contribution in [2.24, 2.45) is 7.05 Å². The van der Waals surface area contributed by atoms with Gasteiger partial charge in [-0.2, -0.15) is 5.10 Å². The van der Waals surface area contributed by atoms with E-state index in [0.717, 1.165) is 37.1 Å². The Balaban J connectivity index is 2.16. The van der Waals surface area contributed by atoms with E-state index in [1.54, 1.807) is 4.68 Å². The molecule has 0 N–H and O–H groups in total. The maximum atomic E-state index is 12.5. The topological polar surface area (TPSA) is 44.1 Å². The van der Waals surface area contributed by atoms with E-state index in [1.165, 1.54) is 0 Å². The minimum atomic E-state index is -0.655. The van der Waals surface area contributed by atoms with Crippen LogP contribution >= 0.6 is 11.6 Å². The molecule has 1 saturated heterocycles. The van der Waals surface area contributed by atoms with E-state index in [0.29, 0.717) is 18.1 Å². The molecule has 0 bridgehead atoms. The molecule has 0 aromatic carbocycles. The molecule has 0 amide bonds. The Morgan fingerprint density at radius 3 is 2.79 bits per heavy atom. The molecule has 2 heterocycles. The van der Waals surface area contributed by atoms with Crippen LogP contribution in [-0.4, -0.2) is 27.8 Å². The van der Waals surface area contributed by atoms with Crippen molar-refractivity contribution in [3.05, 3.63) is 16.4 Å². The molecule has 1 aromatic rings. The summed E-state index contributed by atoms with van der Waals surface area (Å²) in [6.07, 6.45) is 3.94. The number of halogens is 1. The summed E-state index contributed by atoms with van der Waals surface area (Å²) < 4.78 is 7.40. The van der Waals surface area contributed by atoms with Gasteiger partial charge >= 0.3 is 0 Å². The number of Topliss-reactive ketones (excluding diaryl/α,β-unsaturated/α-hetero) is 1.